The second-order valence-corrected chi connectivity index (χ2v) is 3.01. The van der Waals surface area contributed by atoms with E-state index in [-0.39, 0.29) is 5.56 Å². The summed E-state index contributed by atoms with van der Waals surface area (Å²) in [5, 5.41) is 0. The van der Waals surface area contributed by atoms with Gasteiger partial charge in [0.15, 0.2) is 0 Å². The molecule has 0 bridgehead atoms. The maximum absolute atomic E-state index is 12.9. The second-order valence-electron chi connectivity index (χ2n) is 2.10. The second kappa shape index (κ2) is 3.51. The molecule has 0 saturated heterocycles. The van der Waals surface area contributed by atoms with Crippen molar-refractivity contribution in [3.63, 3.8) is 0 Å². The molecule has 0 amide bonds. The lowest BCUT2D eigenvalue weighted by Gasteiger charge is -1.96. The molecule has 0 saturated carbocycles. The Labute approximate surface area is 77.7 Å². The van der Waals surface area contributed by atoms with E-state index in [0.29, 0.717) is 4.47 Å². The normalized spacial score (nSPS) is 9.08. The zero-order valence-corrected chi connectivity index (χ0v) is 7.56. The van der Waals surface area contributed by atoms with E-state index < -0.39 is 11.6 Å². The lowest BCUT2D eigenvalue weighted by atomic mass is 10.1. The molecule has 3 heteroatoms. The number of rotatable bonds is 1. The maximum atomic E-state index is 12.9. The molecule has 0 aliphatic carbocycles. The van der Waals surface area contributed by atoms with Crippen LogP contribution in [0.2, 0.25) is 0 Å². The number of carbonyl (C=O) groups is 1. The largest absolute Gasteiger partial charge is 0.279 e. The fraction of sp³-hybridized carbons (Fsp3) is 0. The van der Waals surface area contributed by atoms with Gasteiger partial charge in [0, 0.05) is 4.47 Å². The first kappa shape index (κ1) is 8.95. The molecule has 0 spiro atoms. The molecule has 0 heterocycles. The van der Waals surface area contributed by atoms with Gasteiger partial charge in [-0.15, -0.1) is 6.42 Å². The summed E-state index contributed by atoms with van der Waals surface area (Å²) < 4.78 is 13.5. The standard InChI is InChI=1S/C9H4BrFO/c1-2-9(12)7-4-3-6(10)5-8(7)11/h1,3-5H. The highest BCUT2D eigenvalue weighted by molar-refractivity contribution is 9.10. The number of Topliss-reactive ketones (excluding diaryl/α,β-unsaturated/α-hetero) is 1. The van der Waals surface area contributed by atoms with Crippen LogP contribution in [0.25, 0.3) is 0 Å². The summed E-state index contributed by atoms with van der Waals surface area (Å²) in [5.41, 5.74) is -0.0688. The average Bonchev–Trinajstić information content (AvgIpc) is 2.03. The number of ketones is 1. The summed E-state index contributed by atoms with van der Waals surface area (Å²) in [4.78, 5) is 10.9. The quantitative estimate of drug-likeness (QED) is 0.409. The number of terminal acetylenes is 1. The monoisotopic (exact) mass is 226 g/mol. The van der Waals surface area contributed by atoms with Crippen molar-refractivity contribution in [1.29, 1.82) is 0 Å². The van der Waals surface area contributed by atoms with Crippen LogP contribution in [0.1, 0.15) is 10.4 Å². The Hall–Kier alpha value is -1.14. The molecule has 12 heavy (non-hydrogen) atoms. The van der Waals surface area contributed by atoms with Gasteiger partial charge in [0.25, 0.3) is 0 Å². The smallest absolute Gasteiger partial charge is 0.238 e. The zero-order valence-electron chi connectivity index (χ0n) is 5.97. The van der Waals surface area contributed by atoms with Crippen LogP contribution < -0.4 is 0 Å². The van der Waals surface area contributed by atoms with Gasteiger partial charge >= 0.3 is 0 Å². The summed E-state index contributed by atoms with van der Waals surface area (Å²) in [6, 6.07) is 4.11. The van der Waals surface area contributed by atoms with Gasteiger partial charge in [-0.1, -0.05) is 15.9 Å². The van der Waals surface area contributed by atoms with Gasteiger partial charge in [0.05, 0.1) is 5.56 Å². The van der Waals surface area contributed by atoms with Crippen LogP contribution in [0, 0.1) is 18.2 Å². The van der Waals surface area contributed by atoms with E-state index in [1.165, 1.54) is 12.1 Å². The van der Waals surface area contributed by atoms with Crippen LogP contribution >= 0.6 is 15.9 Å². The number of carbonyl (C=O) groups excluding carboxylic acids is 1. The van der Waals surface area contributed by atoms with Crippen LogP contribution in [0.5, 0.6) is 0 Å². The Kier molecular flexibility index (Phi) is 2.61. The number of halogens is 2. The van der Waals surface area contributed by atoms with Crippen molar-refractivity contribution in [1.82, 2.24) is 0 Å². The van der Waals surface area contributed by atoms with Crippen LogP contribution in [-0.2, 0) is 0 Å². The Morgan fingerprint density at radius 3 is 2.75 bits per heavy atom. The van der Waals surface area contributed by atoms with Gasteiger partial charge in [0.1, 0.15) is 5.82 Å². The van der Waals surface area contributed by atoms with Crippen molar-refractivity contribution in [3.05, 3.63) is 34.1 Å². The van der Waals surface area contributed by atoms with Gasteiger partial charge < -0.3 is 0 Å². The van der Waals surface area contributed by atoms with E-state index in [0.717, 1.165) is 0 Å². The molecule has 0 N–H and O–H groups in total. The third kappa shape index (κ3) is 1.72. The third-order valence-corrected chi connectivity index (χ3v) is 1.80. The summed E-state index contributed by atoms with van der Waals surface area (Å²) in [5.74, 6) is 0.604. The van der Waals surface area contributed by atoms with Crippen molar-refractivity contribution in [3.8, 4) is 12.3 Å². The molecule has 0 aromatic heterocycles. The predicted octanol–water partition coefficient (Wildman–Crippen LogP) is 2.40. The fourth-order valence-corrected chi connectivity index (χ4v) is 1.08. The molecule has 0 atom stereocenters. The molecular formula is C9H4BrFO. The predicted molar refractivity (Wildman–Crippen MR) is 47.3 cm³/mol. The number of hydrogen-bond acceptors (Lipinski definition) is 1. The summed E-state index contributed by atoms with van der Waals surface area (Å²) in [7, 11) is 0. The van der Waals surface area contributed by atoms with Gasteiger partial charge in [-0.3, -0.25) is 4.79 Å². The number of benzene rings is 1. The Bertz CT molecular complexity index is 365. The third-order valence-electron chi connectivity index (χ3n) is 1.31. The van der Waals surface area contributed by atoms with Gasteiger partial charge in [-0.05, 0) is 24.1 Å². The molecule has 1 aromatic carbocycles. The average molecular weight is 227 g/mol. The Morgan fingerprint density at radius 2 is 2.25 bits per heavy atom. The van der Waals surface area contributed by atoms with E-state index in [1.807, 2.05) is 5.92 Å². The molecule has 1 rings (SSSR count). The molecule has 1 nitrogen and oxygen atoms in total. The molecule has 0 fully saturated rings. The van der Waals surface area contributed by atoms with Crippen LogP contribution in [0.15, 0.2) is 22.7 Å². The van der Waals surface area contributed by atoms with Crippen molar-refractivity contribution in [2.45, 2.75) is 0 Å². The molecule has 0 aliphatic heterocycles. The first-order valence-corrected chi connectivity index (χ1v) is 3.90. The molecule has 0 aliphatic rings. The number of hydrogen-bond donors (Lipinski definition) is 0. The van der Waals surface area contributed by atoms with Crippen LogP contribution in [-0.4, -0.2) is 5.78 Å². The van der Waals surface area contributed by atoms with E-state index in [4.69, 9.17) is 6.42 Å². The van der Waals surface area contributed by atoms with Gasteiger partial charge in [-0.25, -0.2) is 4.39 Å². The van der Waals surface area contributed by atoms with Crippen LogP contribution in [0.4, 0.5) is 4.39 Å². The minimum absolute atomic E-state index is 0.0688. The zero-order chi connectivity index (χ0) is 9.14. The molecular weight excluding hydrogens is 223 g/mol. The molecule has 0 unspecified atom stereocenters. The highest BCUT2D eigenvalue weighted by Crippen LogP contribution is 2.15. The summed E-state index contributed by atoms with van der Waals surface area (Å²) in [6.45, 7) is 0. The maximum Gasteiger partial charge on any atom is 0.238 e. The Balaban J connectivity index is 3.20. The highest BCUT2D eigenvalue weighted by Gasteiger charge is 2.08. The molecule has 0 radical (unpaired) electrons. The van der Waals surface area contributed by atoms with Gasteiger partial charge in [0.2, 0.25) is 5.78 Å². The lowest BCUT2D eigenvalue weighted by Crippen LogP contribution is -1.98. The first-order chi connectivity index (χ1) is 5.65. The van der Waals surface area contributed by atoms with Crippen molar-refractivity contribution < 1.29 is 9.18 Å². The fourth-order valence-electron chi connectivity index (χ4n) is 0.751. The molecule has 60 valence electrons. The van der Waals surface area contributed by atoms with Crippen molar-refractivity contribution >= 4 is 21.7 Å². The molecule has 1 aromatic rings. The lowest BCUT2D eigenvalue weighted by molar-refractivity contribution is 0.105. The first-order valence-electron chi connectivity index (χ1n) is 3.11. The van der Waals surface area contributed by atoms with E-state index in [1.54, 1.807) is 6.07 Å². The van der Waals surface area contributed by atoms with Crippen molar-refractivity contribution in [2.75, 3.05) is 0 Å². The van der Waals surface area contributed by atoms with Crippen LogP contribution in [0.3, 0.4) is 0 Å². The Morgan fingerprint density at radius 1 is 1.58 bits per heavy atom. The minimum atomic E-state index is -0.639. The summed E-state index contributed by atoms with van der Waals surface area (Å²) in [6.07, 6.45) is 4.83. The van der Waals surface area contributed by atoms with Gasteiger partial charge in [-0.2, -0.15) is 0 Å². The summed E-state index contributed by atoms with van der Waals surface area (Å²) >= 11 is 3.06. The van der Waals surface area contributed by atoms with Crippen molar-refractivity contribution in [2.24, 2.45) is 0 Å². The van der Waals surface area contributed by atoms with E-state index >= 15 is 0 Å². The highest BCUT2D eigenvalue weighted by atomic mass is 79.9. The minimum Gasteiger partial charge on any atom is -0.279 e. The van der Waals surface area contributed by atoms with E-state index in [9.17, 15) is 9.18 Å². The topological polar surface area (TPSA) is 17.1 Å². The SMILES string of the molecule is C#CC(=O)c1ccc(Br)cc1F. The van der Waals surface area contributed by atoms with E-state index in [2.05, 4.69) is 15.9 Å².